The Morgan fingerprint density at radius 2 is 2.09 bits per heavy atom. The summed E-state index contributed by atoms with van der Waals surface area (Å²) in [6.45, 7) is 1.69. The van der Waals surface area contributed by atoms with Crippen molar-refractivity contribution >= 4 is 0 Å². The molecule has 0 N–H and O–H groups in total. The maximum atomic E-state index is 12.0. The Bertz CT molecular complexity index is 191. The highest BCUT2D eigenvalue weighted by atomic mass is 19.4. The molecule has 0 aromatic carbocycles. The van der Waals surface area contributed by atoms with Crippen molar-refractivity contribution in [3.63, 3.8) is 0 Å². The number of hydrogen-bond donors (Lipinski definition) is 0. The number of halogens is 3. The first kappa shape index (κ1) is 7.36. The SMILES string of the molecule is CC12COC(C(F)(F)F)C1O2. The summed E-state index contributed by atoms with van der Waals surface area (Å²) in [4.78, 5) is 0. The van der Waals surface area contributed by atoms with Crippen LogP contribution in [-0.2, 0) is 9.47 Å². The monoisotopic (exact) mass is 168 g/mol. The Labute approximate surface area is 61.3 Å². The minimum absolute atomic E-state index is 0.0574. The molecule has 0 aliphatic carbocycles. The maximum Gasteiger partial charge on any atom is 0.417 e. The van der Waals surface area contributed by atoms with Gasteiger partial charge in [0.2, 0.25) is 0 Å². The molecule has 5 heteroatoms. The number of fused-ring (bicyclic) bond motifs is 1. The summed E-state index contributed by atoms with van der Waals surface area (Å²) >= 11 is 0. The highest BCUT2D eigenvalue weighted by Gasteiger charge is 2.69. The number of alkyl halides is 3. The van der Waals surface area contributed by atoms with E-state index < -0.39 is 24.0 Å². The van der Waals surface area contributed by atoms with Crippen LogP contribution in [0.5, 0.6) is 0 Å². The Morgan fingerprint density at radius 3 is 2.27 bits per heavy atom. The lowest BCUT2D eigenvalue weighted by atomic mass is 10.1. The third-order valence-electron chi connectivity index (χ3n) is 2.09. The zero-order chi connectivity index (χ0) is 8.28. The van der Waals surface area contributed by atoms with Gasteiger partial charge in [-0.3, -0.25) is 0 Å². The van der Waals surface area contributed by atoms with Crippen molar-refractivity contribution in [1.29, 1.82) is 0 Å². The number of hydrogen-bond acceptors (Lipinski definition) is 2. The van der Waals surface area contributed by atoms with Gasteiger partial charge in [-0.15, -0.1) is 0 Å². The van der Waals surface area contributed by atoms with E-state index >= 15 is 0 Å². The normalized spacial score (nSPS) is 49.1. The first-order valence-electron chi connectivity index (χ1n) is 3.30. The van der Waals surface area contributed by atoms with Crippen molar-refractivity contribution in [3.8, 4) is 0 Å². The van der Waals surface area contributed by atoms with Gasteiger partial charge in [0.15, 0.2) is 6.10 Å². The molecule has 2 nitrogen and oxygen atoms in total. The molecule has 2 rings (SSSR count). The molecule has 0 bridgehead atoms. The molecule has 0 aromatic rings. The van der Waals surface area contributed by atoms with Gasteiger partial charge in [-0.1, -0.05) is 0 Å². The highest BCUT2D eigenvalue weighted by molar-refractivity contribution is 5.10. The minimum Gasteiger partial charge on any atom is -0.363 e. The summed E-state index contributed by atoms with van der Waals surface area (Å²) in [6.07, 6.45) is -6.74. The van der Waals surface area contributed by atoms with Crippen molar-refractivity contribution in [2.24, 2.45) is 0 Å². The van der Waals surface area contributed by atoms with E-state index in [0.29, 0.717) is 0 Å². The van der Waals surface area contributed by atoms with E-state index in [9.17, 15) is 13.2 Å². The zero-order valence-corrected chi connectivity index (χ0v) is 5.81. The van der Waals surface area contributed by atoms with Crippen LogP contribution in [0.25, 0.3) is 0 Å². The lowest BCUT2D eigenvalue weighted by Gasteiger charge is -2.14. The summed E-state index contributed by atoms with van der Waals surface area (Å²) in [6, 6.07) is 0. The van der Waals surface area contributed by atoms with E-state index in [2.05, 4.69) is 4.74 Å². The lowest BCUT2D eigenvalue weighted by Crippen LogP contribution is -2.33. The van der Waals surface area contributed by atoms with Gasteiger partial charge < -0.3 is 9.47 Å². The molecular formula is C6H7F3O2. The quantitative estimate of drug-likeness (QED) is 0.505. The molecule has 0 spiro atoms. The fraction of sp³-hybridized carbons (Fsp3) is 1.00. The van der Waals surface area contributed by atoms with Gasteiger partial charge in [0, 0.05) is 0 Å². The summed E-state index contributed by atoms with van der Waals surface area (Å²) < 4.78 is 45.4. The fourth-order valence-electron chi connectivity index (χ4n) is 1.36. The molecule has 0 radical (unpaired) electrons. The molecule has 2 aliphatic heterocycles. The van der Waals surface area contributed by atoms with Crippen molar-refractivity contribution in [1.82, 2.24) is 0 Å². The van der Waals surface area contributed by atoms with Crippen molar-refractivity contribution < 1.29 is 22.6 Å². The van der Waals surface area contributed by atoms with Gasteiger partial charge in [0.1, 0.15) is 11.7 Å². The molecule has 2 aliphatic rings. The molecule has 64 valence electrons. The molecular weight excluding hydrogens is 161 g/mol. The molecule has 0 aromatic heterocycles. The lowest BCUT2D eigenvalue weighted by molar-refractivity contribution is -0.222. The smallest absolute Gasteiger partial charge is 0.363 e. The number of ether oxygens (including phenoxy) is 2. The third kappa shape index (κ3) is 0.945. The van der Waals surface area contributed by atoms with Crippen LogP contribution in [0.3, 0.4) is 0 Å². The Kier molecular flexibility index (Phi) is 1.15. The maximum absolute atomic E-state index is 12.0. The highest BCUT2D eigenvalue weighted by Crippen LogP contribution is 2.49. The first-order valence-corrected chi connectivity index (χ1v) is 3.30. The summed E-state index contributed by atoms with van der Waals surface area (Å²) in [5.41, 5.74) is -0.653. The van der Waals surface area contributed by atoms with Crippen LogP contribution in [0, 0.1) is 0 Å². The van der Waals surface area contributed by atoms with Gasteiger partial charge in [-0.2, -0.15) is 13.2 Å². The van der Waals surface area contributed by atoms with Gasteiger partial charge >= 0.3 is 6.18 Å². The van der Waals surface area contributed by atoms with Gasteiger partial charge in [-0.05, 0) is 6.92 Å². The molecule has 3 atom stereocenters. The van der Waals surface area contributed by atoms with Crippen LogP contribution in [0.1, 0.15) is 6.92 Å². The van der Waals surface area contributed by atoms with Crippen LogP contribution in [0.15, 0.2) is 0 Å². The predicted molar refractivity (Wildman–Crippen MR) is 29.1 cm³/mol. The Morgan fingerprint density at radius 1 is 1.45 bits per heavy atom. The molecule has 11 heavy (non-hydrogen) atoms. The van der Waals surface area contributed by atoms with E-state index in [1.165, 1.54) is 0 Å². The van der Waals surface area contributed by atoms with Crippen molar-refractivity contribution in [3.05, 3.63) is 0 Å². The van der Waals surface area contributed by atoms with Crippen molar-refractivity contribution in [2.75, 3.05) is 6.61 Å². The summed E-state index contributed by atoms with van der Waals surface area (Å²) in [7, 11) is 0. The minimum atomic E-state index is -4.28. The van der Waals surface area contributed by atoms with Crippen LogP contribution in [-0.4, -0.2) is 30.6 Å². The molecule has 2 saturated heterocycles. The van der Waals surface area contributed by atoms with Gasteiger partial charge in [0.25, 0.3) is 0 Å². The van der Waals surface area contributed by atoms with Gasteiger partial charge in [-0.25, -0.2) is 0 Å². The Hall–Kier alpha value is -0.290. The van der Waals surface area contributed by atoms with E-state index in [-0.39, 0.29) is 6.61 Å². The average molecular weight is 168 g/mol. The van der Waals surface area contributed by atoms with Crippen LogP contribution >= 0.6 is 0 Å². The second kappa shape index (κ2) is 1.72. The molecule has 3 unspecified atom stereocenters. The number of epoxide rings is 1. The first-order chi connectivity index (χ1) is 4.93. The van der Waals surface area contributed by atoms with E-state index in [0.717, 1.165) is 0 Å². The second-order valence-corrected chi connectivity index (χ2v) is 3.12. The summed E-state index contributed by atoms with van der Waals surface area (Å²) in [5.74, 6) is 0. The predicted octanol–water partition coefficient (Wildman–Crippen LogP) is 1.10. The van der Waals surface area contributed by atoms with Crippen molar-refractivity contribution in [2.45, 2.75) is 30.9 Å². The standard InChI is InChI=1S/C6H7F3O2/c1-5-2-10-4(3(5)11-5)6(7,8)9/h3-4H,2H2,1H3. The zero-order valence-electron chi connectivity index (χ0n) is 5.81. The molecule has 2 heterocycles. The van der Waals surface area contributed by atoms with E-state index in [1.54, 1.807) is 6.92 Å². The molecule has 2 fully saturated rings. The van der Waals surface area contributed by atoms with Crippen LogP contribution in [0.4, 0.5) is 13.2 Å². The molecule has 0 amide bonds. The van der Waals surface area contributed by atoms with E-state index in [1.807, 2.05) is 0 Å². The molecule has 0 saturated carbocycles. The number of rotatable bonds is 0. The average Bonchev–Trinajstić information content (AvgIpc) is 2.32. The fourth-order valence-corrected chi connectivity index (χ4v) is 1.36. The third-order valence-corrected chi connectivity index (χ3v) is 2.09. The van der Waals surface area contributed by atoms with Crippen LogP contribution in [0.2, 0.25) is 0 Å². The van der Waals surface area contributed by atoms with Gasteiger partial charge in [0.05, 0.1) is 6.61 Å². The topological polar surface area (TPSA) is 21.8 Å². The largest absolute Gasteiger partial charge is 0.417 e. The second-order valence-electron chi connectivity index (χ2n) is 3.12. The van der Waals surface area contributed by atoms with Crippen LogP contribution < -0.4 is 0 Å². The summed E-state index contributed by atoms with van der Waals surface area (Å²) in [5, 5.41) is 0. The Balaban J connectivity index is 2.10. The van der Waals surface area contributed by atoms with E-state index in [4.69, 9.17) is 4.74 Å².